The molecule has 5 heteroatoms. The Bertz CT molecular complexity index is 711. The molecule has 0 spiro atoms. The van der Waals surface area contributed by atoms with Gasteiger partial charge in [-0.2, -0.15) is 0 Å². The Hall–Kier alpha value is -1.88. The monoisotopic (exact) mass is 374 g/mol. The van der Waals surface area contributed by atoms with Gasteiger partial charge in [-0.3, -0.25) is 9.69 Å². The summed E-state index contributed by atoms with van der Waals surface area (Å²) >= 11 is 0. The van der Waals surface area contributed by atoms with Gasteiger partial charge in [0.1, 0.15) is 5.60 Å². The Morgan fingerprint density at radius 1 is 1.15 bits per heavy atom. The third-order valence-electron chi connectivity index (χ3n) is 5.17. The molecule has 5 nitrogen and oxygen atoms in total. The van der Waals surface area contributed by atoms with Crippen LogP contribution in [0, 0.1) is 20.8 Å². The highest BCUT2D eigenvalue weighted by molar-refractivity contribution is 5.97. The largest absolute Gasteiger partial charge is 0.444 e. The number of carbonyl (C=O) groups is 2. The number of hydrogen-bond acceptors (Lipinski definition) is 4. The van der Waals surface area contributed by atoms with Crippen molar-refractivity contribution < 1.29 is 14.3 Å². The predicted octanol–water partition coefficient (Wildman–Crippen LogP) is 4.30. The fourth-order valence-corrected chi connectivity index (χ4v) is 3.94. The maximum absolute atomic E-state index is 12.0. The molecule has 1 heterocycles. The number of piperidine rings is 1. The second-order valence-electron chi connectivity index (χ2n) is 8.74. The number of benzene rings is 1. The van der Waals surface area contributed by atoms with E-state index >= 15 is 0 Å². The molecule has 1 aromatic carbocycles. The van der Waals surface area contributed by atoms with Crippen molar-refractivity contribution in [3.8, 4) is 0 Å². The molecule has 1 saturated heterocycles. The van der Waals surface area contributed by atoms with Crippen LogP contribution in [0.4, 0.5) is 4.79 Å². The second-order valence-corrected chi connectivity index (χ2v) is 8.74. The van der Waals surface area contributed by atoms with E-state index in [1.807, 2.05) is 27.7 Å². The van der Waals surface area contributed by atoms with E-state index in [-0.39, 0.29) is 17.9 Å². The van der Waals surface area contributed by atoms with E-state index in [2.05, 4.69) is 30.1 Å². The van der Waals surface area contributed by atoms with Gasteiger partial charge >= 0.3 is 6.09 Å². The van der Waals surface area contributed by atoms with Crippen molar-refractivity contribution in [3.05, 3.63) is 33.9 Å². The van der Waals surface area contributed by atoms with Gasteiger partial charge in [-0.25, -0.2) is 4.79 Å². The number of aryl methyl sites for hydroxylation is 2. The lowest BCUT2D eigenvalue weighted by Crippen LogP contribution is -2.46. The molecule has 0 saturated carbocycles. The van der Waals surface area contributed by atoms with Crippen molar-refractivity contribution in [1.82, 2.24) is 10.2 Å². The van der Waals surface area contributed by atoms with Gasteiger partial charge in [0.05, 0.1) is 0 Å². The highest BCUT2D eigenvalue weighted by Crippen LogP contribution is 2.25. The number of carbonyl (C=O) groups excluding carboxylic acids is 2. The van der Waals surface area contributed by atoms with Crippen molar-refractivity contribution in [2.45, 2.75) is 79.5 Å². The lowest BCUT2D eigenvalue weighted by atomic mass is 9.91. The molecule has 0 atom stereocenters. The Balaban J connectivity index is 1.97. The lowest BCUT2D eigenvalue weighted by Gasteiger charge is -2.33. The van der Waals surface area contributed by atoms with Gasteiger partial charge in [-0.15, -0.1) is 0 Å². The Morgan fingerprint density at radius 2 is 1.74 bits per heavy atom. The standard InChI is InChI=1S/C22H34N2O3/c1-14-12-15(2)20(17(4)25)16(3)19(14)13-24-10-8-18(9-11-24)23-21(26)27-22(5,6)7/h12,18H,8-11,13H2,1-7H3,(H,23,26). The summed E-state index contributed by atoms with van der Waals surface area (Å²) in [6.07, 6.45) is 1.48. The molecular formula is C22H34N2O3. The van der Waals surface area contributed by atoms with E-state index in [9.17, 15) is 9.59 Å². The summed E-state index contributed by atoms with van der Waals surface area (Å²) in [6, 6.07) is 2.28. The third kappa shape index (κ3) is 5.80. The molecule has 150 valence electrons. The molecule has 1 aliphatic rings. The first-order valence-electron chi connectivity index (χ1n) is 9.80. The van der Waals surface area contributed by atoms with Crippen molar-refractivity contribution in [2.75, 3.05) is 13.1 Å². The van der Waals surface area contributed by atoms with Gasteiger partial charge in [-0.1, -0.05) is 6.07 Å². The number of rotatable bonds is 4. The topological polar surface area (TPSA) is 58.6 Å². The van der Waals surface area contributed by atoms with E-state index < -0.39 is 5.60 Å². The molecule has 0 aromatic heterocycles. The zero-order chi connectivity index (χ0) is 20.4. The molecule has 1 aromatic rings. The number of ketones is 1. The van der Waals surface area contributed by atoms with Crippen molar-refractivity contribution in [2.24, 2.45) is 0 Å². The maximum Gasteiger partial charge on any atom is 0.407 e. The van der Waals surface area contributed by atoms with Gasteiger partial charge in [-0.05, 0) is 83.6 Å². The highest BCUT2D eigenvalue weighted by Gasteiger charge is 2.24. The SMILES string of the molecule is CC(=O)c1c(C)cc(C)c(CN2CCC(NC(=O)OC(C)(C)C)CC2)c1C. The second kappa shape index (κ2) is 8.42. The molecule has 0 unspecified atom stereocenters. The summed E-state index contributed by atoms with van der Waals surface area (Å²) in [4.78, 5) is 26.4. The predicted molar refractivity (Wildman–Crippen MR) is 108 cm³/mol. The quantitative estimate of drug-likeness (QED) is 0.798. The first kappa shape index (κ1) is 21.4. The van der Waals surface area contributed by atoms with Gasteiger partial charge in [0, 0.05) is 31.2 Å². The first-order valence-corrected chi connectivity index (χ1v) is 9.80. The average molecular weight is 375 g/mol. The number of nitrogens with one attached hydrogen (secondary N) is 1. The van der Waals surface area contributed by atoms with Crippen LogP contribution in [0.25, 0.3) is 0 Å². The zero-order valence-corrected chi connectivity index (χ0v) is 17.9. The summed E-state index contributed by atoms with van der Waals surface area (Å²) in [5.41, 5.74) is 5.04. The number of amides is 1. The molecule has 1 amide bonds. The number of ether oxygens (including phenoxy) is 1. The van der Waals surface area contributed by atoms with Crippen LogP contribution in [-0.4, -0.2) is 41.5 Å². The highest BCUT2D eigenvalue weighted by atomic mass is 16.6. The first-order chi connectivity index (χ1) is 12.5. The summed E-state index contributed by atoms with van der Waals surface area (Å²) in [5, 5.41) is 2.98. The van der Waals surface area contributed by atoms with Crippen LogP contribution in [0.2, 0.25) is 0 Å². The molecule has 1 aliphatic heterocycles. The minimum atomic E-state index is -0.473. The average Bonchev–Trinajstić information content (AvgIpc) is 2.50. The van der Waals surface area contributed by atoms with E-state index in [4.69, 9.17) is 4.74 Å². The van der Waals surface area contributed by atoms with Crippen LogP contribution in [0.3, 0.4) is 0 Å². The summed E-state index contributed by atoms with van der Waals surface area (Å²) in [6.45, 7) is 16.1. The van der Waals surface area contributed by atoms with E-state index in [1.165, 1.54) is 11.1 Å². The van der Waals surface area contributed by atoms with Gasteiger partial charge < -0.3 is 10.1 Å². The lowest BCUT2D eigenvalue weighted by molar-refractivity contribution is 0.0477. The minimum absolute atomic E-state index is 0.131. The zero-order valence-electron chi connectivity index (χ0n) is 17.9. The number of Topliss-reactive ketones (excluding diaryl/α,β-unsaturated/α-hetero) is 1. The third-order valence-corrected chi connectivity index (χ3v) is 5.17. The smallest absolute Gasteiger partial charge is 0.407 e. The minimum Gasteiger partial charge on any atom is -0.444 e. The Kier molecular flexibility index (Phi) is 6.68. The van der Waals surface area contributed by atoms with Crippen molar-refractivity contribution in [1.29, 1.82) is 0 Å². The number of alkyl carbamates (subject to hydrolysis) is 1. The molecular weight excluding hydrogens is 340 g/mol. The summed E-state index contributed by atoms with van der Waals surface area (Å²) in [5.74, 6) is 0.131. The van der Waals surface area contributed by atoms with Crippen LogP contribution in [0.1, 0.15) is 73.1 Å². The molecule has 1 N–H and O–H groups in total. The van der Waals surface area contributed by atoms with Gasteiger partial charge in [0.15, 0.2) is 5.78 Å². The normalized spacial score (nSPS) is 16.3. The van der Waals surface area contributed by atoms with Crippen LogP contribution in [0.15, 0.2) is 6.07 Å². The summed E-state index contributed by atoms with van der Waals surface area (Å²) in [7, 11) is 0. The molecule has 0 bridgehead atoms. The van der Waals surface area contributed by atoms with E-state index in [0.717, 1.165) is 49.2 Å². The number of likely N-dealkylation sites (tertiary alicyclic amines) is 1. The van der Waals surface area contributed by atoms with Crippen molar-refractivity contribution >= 4 is 11.9 Å². The van der Waals surface area contributed by atoms with Crippen molar-refractivity contribution in [3.63, 3.8) is 0 Å². The molecule has 27 heavy (non-hydrogen) atoms. The van der Waals surface area contributed by atoms with Gasteiger partial charge in [0.25, 0.3) is 0 Å². The number of nitrogens with zero attached hydrogens (tertiary/aromatic N) is 1. The molecule has 1 fully saturated rings. The summed E-state index contributed by atoms with van der Waals surface area (Å²) < 4.78 is 5.35. The Morgan fingerprint density at radius 3 is 2.26 bits per heavy atom. The van der Waals surface area contributed by atoms with Crippen LogP contribution in [-0.2, 0) is 11.3 Å². The van der Waals surface area contributed by atoms with Crippen LogP contribution < -0.4 is 5.32 Å². The number of hydrogen-bond donors (Lipinski definition) is 1. The van der Waals surface area contributed by atoms with Gasteiger partial charge in [0.2, 0.25) is 0 Å². The molecule has 0 radical (unpaired) electrons. The fraction of sp³-hybridized carbons (Fsp3) is 0.636. The van der Waals surface area contributed by atoms with E-state index in [0.29, 0.717) is 0 Å². The fourth-order valence-electron chi connectivity index (χ4n) is 3.94. The Labute approximate surface area is 163 Å². The maximum atomic E-state index is 12.0. The van der Waals surface area contributed by atoms with Crippen LogP contribution in [0.5, 0.6) is 0 Å². The molecule has 0 aliphatic carbocycles. The van der Waals surface area contributed by atoms with E-state index in [1.54, 1.807) is 6.92 Å². The van der Waals surface area contributed by atoms with Crippen LogP contribution >= 0.6 is 0 Å². The molecule has 2 rings (SSSR count).